The van der Waals surface area contributed by atoms with Crippen LogP contribution in [0.25, 0.3) is 16.6 Å². The van der Waals surface area contributed by atoms with Crippen molar-refractivity contribution in [3.8, 4) is 11.1 Å². The molecule has 116 valence electrons. The summed E-state index contributed by atoms with van der Waals surface area (Å²) >= 11 is 0. The first-order chi connectivity index (χ1) is 11.8. The van der Waals surface area contributed by atoms with Crippen LogP contribution in [0.2, 0.25) is 0 Å². The second kappa shape index (κ2) is 5.82. The van der Waals surface area contributed by atoms with E-state index >= 15 is 0 Å². The molecule has 2 aromatic heterocycles. The van der Waals surface area contributed by atoms with Crippen molar-refractivity contribution >= 4 is 11.3 Å². The standard InChI is InChI=1S/C22H17NO/c1-16-19-14-8-9-15-23(19)21(20(16)17-10-4-2-5-11-17)22(24)18-12-6-3-7-13-18/h2-15H,1H3. The van der Waals surface area contributed by atoms with Crippen LogP contribution in [0.1, 0.15) is 21.6 Å². The molecular formula is C22H17NO. The SMILES string of the molecule is Cc1c(-c2ccccc2)c(C(=O)c2ccccc2)n2ccccc12. The number of ketones is 1. The van der Waals surface area contributed by atoms with Gasteiger partial charge in [-0.15, -0.1) is 0 Å². The predicted molar refractivity (Wildman–Crippen MR) is 97.4 cm³/mol. The lowest BCUT2D eigenvalue weighted by atomic mass is 9.97. The summed E-state index contributed by atoms with van der Waals surface area (Å²) in [6.07, 6.45) is 1.96. The molecule has 0 radical (unpaired) electrons. The molecule has 24 heavy (non-hydrogen) atoms. The van der Waals surface area contributed by atoms with Gasteiger partial charge >= 0.3 is 0 Å². The Morgan fingerprint density at radius 3 is 2.12 bits per heavy atom. The summed E-state index contributed by atoms with van der Waals surface area (Å²) in [4.78, 5) is 13.2. The highest BCUT2D eigenvalue weighted by Crippen LogP contribution is 2.33. The van der Waals surface area contributed by atoms with Crippen LogP contribution in [0.4, 0.5) is 0 Å². The molecule has 2 heterocycles. The van der Waals surface area contributed by atoms with Crippen molar-refractivity contribution in [3.05, 3.63) is 102 Å². The summed E-state index contributed by atoms with van der Waals surface area (Å²) in [5.41, 5.74) is 5.70. The maximum absolute atomic E-state index is 13.2. The van der Waals surface area contributed by atoms with Crippen LogP contribution >= 0.6 is 0 Å². The van der Waals surface area contributed by atoms with Crippen LogP contribution < -0.4 is 0 Å². The second-order valence-electron chi connectivity index (χ2n) is 5.87. The van der Waals surface area contributed by atoms with Gasteiger partial charge in [0.15, 0.2) is 0 Å². The van der Waals surface area contributed by atoms with Gasteiger partial charge in [0, 0.05) is 22.8 Å². The number of carbonyl (C=O) groups excluding carboxylic acids is 1. The van der Waals surface area contributed by atoms with E-state index in [0.29, 0.717) is 5.56 Å². The molecule has 4 aromatic rings. The molecule has 0 spiro atoms. The van der Waals surface area contributed by atoms with Crippen molar-refractivity contribution in [1.82, 2.24) is 4.40 Å². The maximum atomic E-state index is 13.2. The molecule has 0 amide bonds. The lowest BCUT2D eigenvalue weighted by Crippen LogP contribution is -2.06. The van der Waals surface area contributed by atoms with E-state index in [0.717, 1.165) is 27.9 Å². The van der Waals surface area contributed by atoms with E-state index in [2.05, 4.69) is 25.1 Å². The molecule has 0 aliphatic carbocycles. The zero-order valence-electron chi connectivity index (χ0n) is 13.4. The van der Waals surface area contributed by atoms with Crippen LogP contribution in [0.3, 0.4) is 0 Å². The van der Waals surface area contributed by atoms with Gasteiger partial charge in [0.1, 0.15) is 5.69 Å². The van der Waals surface area contributed by atoms with Crippen molar-refractivity contribution in [3.63, 3.8) is 0 Å². The fraction of sp³-hybridized carbons (Fsp3) is 0.0455. The third-order valence-electron chi connectivity index (χ3n) is 4.41. The van der Waals surface area contributed by atoms with Gasteiger partial charge < -0.3 is 4.40 Å². The van der Waals surface area contributed by atoms with Crippen molar-refractivity contribution in [1.29, 1.82) is 0 Å². The van der Waals surface area contributed by atoms with E-state index in [1.807, 2.05) is 71.3 Å². The minimum absolute atomic E-state index is 0.0451. The molecule has 0 fully saturated rings. The number of nitrogens with zero attached hydrogens (tertiary/aromatic N) is 1. The Morgan fingerprint density at radius 1 is 0.792 bits per heavy atom. The number of aryl methyl sites for hydroxylation is 1. The molecule has 2 heteroatoms. The topological polar surface area (TPSA) is 21.5 Å². The van der Waals surface area contributed by atoms with Gasteiger partial charge in [-0.1, -0.05) is 66.7 Å². The van der Waals surface area contributed by atoms with Crippen molar-refractivity contribution in [2.24, 2.45) is 0 Å². The molecule has 0 saturated carbocycles. The highest BCUT2D eigenvalue weighted by molar-refractivity contribution is 6.13. The molecule has 0 aliphatic rings. The molecule has 0 N–H and O–H groups in total. The molecular weight excluding hydrogens is 294 g/mol. The van der Waals surface area contributed by atoms with E-state index in [1.165, 1.54) is 0 Å². The summed E-state index contributed by atoms with van der Waals surface area (Å²) in [6, 6.07) is 25.6. The lowest BCUT2D eigenvalue weighted by Gasteiger charge is -2.07. The number of pyridine rings is 1. The predicted octanol–water partition coefficient (Wildman–Crippen LogP) is 5.15. The molecule has 2 aromatic carbocycles. The molecule has 0 unspecified atom stereocenters. The first-order valence-electron chi connectivity index (χ1n) is 8.02. The Hall–Kier alpha value is -3.13. The fourth-order valence-electron chi connectivity index (χ4n) is 3.28. The number of benzene rings is 2. The minimum Gasteiger partial charge on any atom is -0.313 e. The Morgan fingerprint density at radius 2 is 1.42 bits per heavy atom. The zero-order chi connectivity index (χ0) is 16.5. The van der Waals surface area contributed by atoms with E-state index in [-0.39, 0.29) is 5.78 Å². The Bertz CT molecular complexity index is 1010. The molecule has 2 nitrogen and oxygen atoms in total. The molecule has 0 aliphatic heterocycles. The van der Waals surface area contributed by atoms with Crippen LogP contribution in [0.5, 0.6) is 0 Å². The van der Waals surface area contributed by atoms with Gasteiger partial charge in [0.05, 0.1) is 0 Å². The second-order valence-corrected chi connectivity index (χ2v) is 5.87. The van der Waals surface area contributed by atoms with Crippen LogP contribution in [0, 0.1) is 6.92 Å². The number of fused-ring (bicyclic) bond motifs is 1. The van der Waals surface area contributed by atoms with Crippen LogP contribution in [-0.4, -0.2) is 10.2 Å². The summed E-state index contributed by atoms with van der Waals surface area (Å²) in [5.74, 6) is 0.0451. The van der Waals surface area contributed by atoms with Gasteiger partial charge in [-0.2, -0.15) is 0 Å². The van der Waals surface area contributed by atoms with Crippen LogP contribution in [-0.2, 0) is 0 Å². The third kappa shape index (κ3) is 2.24. The van der Waals surface area contributed by atoms with Gasteiger partial charge in [-0.05, 0) is 30.2 Å². The number of aromatic nitrogens is 1. The summed E-state index contributed by atoms with van der Waals surface area (Å²) in [6.45, 7) is 2.08. The Labute approximate surface area is 141 Å². The molecule has 0 saturated heterocycles. The monoisotopic (exact) mass is 311 g/mol. The van der Waals surface area contributed by atoms with E-state index in [1.54, 1.807) is 0 Å². The number of hydrogen-bond acceptors (Lipinski definition) is 1. The first-order valence-corrected chi connectivity index (χ1v) is 8.02. The first kappa shape index (κ1) is 14.5. The zero-order valence-corrected chi connectivity index (χ0v) is 13.4. The largest absolute Gasteiger partial charge is 0.313 e. The van der Waals surface area contributed by atoms with Gasteiger partial charge in [0.2, 0.25) is 5.78 Å². The van der Waals surface area contributed by atoms with E-state index in [4.69, 9.17) is 0 Å². The number of rotatable bonds is 3. The minimum atomic E-state index is 0.0451. The molecule has 0 bridgehead atoms. The highest BCUT2D eigenvalue weighted by Gasteiger charge is 2.22. The molecule has 4 rings (SSSR count). The van der Waals surface area contributed by atoms with Crippen molar-refractivity contribution in [2.75, 3.05) is 0 Å². The summed E-state index contributed by atoms with van der Waals surface area (Å²) in [5, 5.41) is 0. The van der Waals surface area contributed by atoms with Gasteiger partial charge in [0.25, 0.3) is 0 Å². The lowest BCUT2D eigenvalue weighted by molar-refractivity contribution is 0.103. The van der Waals surface area contributed by atoms with Gasteiger partial charge in [-0.25, -0.2) is 0 Å². The smallest absolute Gasteiger partial charge is 0.210 e. The fourth-order valence-corrected chi connectivity index (χ4v) is 3.28. The molecule has 0 atom stereocenters. The van der Waals surface area contributed by atoms with Gasteiger partial charge in [-0.3, -0.25) is 4.79 Å². The van der Waals surface area contributed by atoms with Crippen LogP contribution in [0.15, 0.2) is 85.1 Å². The summed E-state index contributed by atoms with van der Waals surface area (Å²) in [7, 11) is 0. The highest BCUT2D eigenvalue weighted by atomic mass is 16.1. The number of hydrogen-bond donors (Lipinski definition) is 0. The summed E-state index contributed by atoms with van der Waals surface area (Å²) < 4.78 is 2.01. The Balaban J connectivity index is 2.05. The normalized spacial score (nSPS) is 10.9. The van der Waals surface area contributed by atoms with Crippen molar-refractivity contribution in [2.45, 2.75) is 6.92 Å². The third-order valence-corrected chi connectivity index (χ3v) is 4.41. The quantitative estimate of drug-likeness (QED) is 0.480. The Kier molecular flexibility index (Phi) is 3.51. The number of carbonyl (C=O) groups is 1. The average Bonchev–Trinajstić information content (AvgIpc) is 2.95. The average molecular weight is 311 g/mol. The maximum Gasteiger partial charge on any atom is 0.210 e. The van der Waals surface area contributed by atoms with Crippen molar-refractivity contribution < 1.29 is 4.79 Å². The van der Waals surface area contributed by atoms with E-state index in [9.17, 15) is 4.79 Å². The van der Waals surface area contributed by atoms with E-state index < -0.39 is 0 Å².